The molecule has 2 N–H and O–H groups in total. The van der Waals surface area contributed by atoms with E-state index in [1.165, 1.54) is 6.92 Å². The first kappa shape index (κ1) is 11.9. The van der Waals surface area contributed by atoms with Crippen LogP contribution in [-0.4, -0.2) is 22.6 Å². The quantitative estimate of drug-likeness (QED) is 0.655. The summed E-state index contributed by atoms with van der Waals surface area (Å²) in [5.41, 5.74) is 0.720. The van der Waals surface area contributed by atoms with Crippen molar-refractivity contribution in [3.63, 3.8) is 0 Å². The minimum absolute atomic E-state index is 0.0958. The molecule has 1 aromatic rings. The number of Topliss-reactive ketones (excluding diaryl/α,β-unsaturated/α-hetero) is 1. The van der Waals surface area contributed by atoms with Crippen LogP contribution in [0.2, 0.25) is 0 Å². The number of aliphatic hydroxyl groups excluding tert-OH is 2. The third kappa shape index (κ3) is 2.91. The molecule has 0 fully saturated rings. The predicted molar refractivity (Wildman–Crippen MR) is 61.5 cm³/mol. The number of aliphatic hydroxyl groups is 2. The van der Waals surface area contributed by atoms with Crippen LogP contribution in [0.1, 0.15) is 12.5 Å². The van der Waals surface area contributed by atoms with Crippen molar-refractivity contribution in [2.45, 2.75) is 6.92 Å². The van der Waals surface area contributed by atoms with Crippen molar-refractivity contribution in [2.75, 3.05) is 6.61 Å². The lowest BCUT2D eigenvalue weighted by molar-refractivity contribution is -0.118. The molecule has 0 aromatic heterocycles. The van der Waals surface area contributed by atoms with Crippen LogP contribution in [0.25, 0.3) is 5.76 Å². The summed E-state index contributed by atoms with van der Waals surface area (Å²) >= 11 is 3.27. The van der Waals surface area contributed by atoms with Crippen LogP contribution in [0.5, 0.6) is 0 Å². The zero-order chi connectivity index (χ0) is 11.4. The first-order valence-corrected chi connectivity index (χ1v) is 5.15. The third-order valence-electron chi connectivity index (χ3n) is 2.03. The zero-order valence-electron chi connectivity index (χ0n) is 8.20. The number of ketones is 1. The lowest BCUT2D eigenvalue weighted by Crippen LogP contribution is -2.07. The molecule has 0 aliphatic carbocycles. The monoisotopic (exact) mass is 270 g/mol. The molecule has 0 radical (unpaired) electrons. The van der Waals surface area contributed by atoms with Crippen LogP contribution in [0.3, 0.4) is 0 Å². The van der Waals surface area contributed by atoms with Crippen LogP contribution in [-0.2, 0) is 4.79 Å². The summed E-state index contributed by atoms with van der Waals surface area (Å²) in [6.45, 7) is 0.891. The number of hydrogen-bond donors (Lipinski definition) is 2. The average Bonchev–Trinajstić information content (AvgIpc) is 2.27. The van der Waals surface area contributed by atoms with Crippen molar-refractivity contribution in [1.29, 1.82) is 0 Å². The van der Waals surface area contributed by atoms with Crippen molar-refractivity contribution in [1.82, 2.24) is 0 Å². The van der Waals surface area contributed by atoms with E-state index in [1.807, 2.05) is 0 Å². The zero-order valence-corrected chi connectivity index (χ0v) is 9.78. The summed E-state index contributed by atoms with van der Waals surface area (Å²) in [5.74, 6) is -0.572. The van der Waals surface area contributed by atoms with E-state index in [9.17, 15) is 9.90 Å². The Labute approximate surface area is 96.2 Å². The Bertz CT molecular complexity index is 393. The average molecular weight is 271 g/mol. The van der Waals surface area contributed by atoms with Gasteiger partial charge < -0.3 is 10.2 Å². The van der Waals surface area contributed by atoms with E-state index < -0.39 is 12.4 Å². The van der Waals surface area contributed by atoms with Gasteiger partial charge in [-0.1, -0.05) is 28.1 Å². The number of benzene rings is 1. The van der Waals surface area contributed by atoms with Gasteiger partial charge in [-0.05, 0) is 19.1 Å². The molecule has 0 spiro atoms. The van der Waals surface area contributed by atoms with E-state index in [-0.39, 0.29) is 11.3 Å². The normalized spacial score (nSPS) is 12.2. The van der Waals surface area contributed by atoms with Crippen LogP contribution >= 0.6 is 15.9 Å². The van der Waals surface area contributed by atoms with Gasteiger partial charge in [-0.15, -0.1) is 0 Å². The maximum absolute atomic E-state index is 11.1. The van der Waals surface area contributed by atoms with Crippen molar-refractivity contribution in [2.24, 2.45) is 0 Å². The summed E-state index contributed by atoms with van der Waals surface area (Å²) in [4.78, 5) is 11.1. The molecule has 0 atom stereocenters. The molecule has 0 saturated carbocycles. The van der Waals surface area contributed by atoms with E-state index in [0.717, 1.165) is 4.47 Å². The lowest BCUT2D eigenvalue weighted by atomic mass is 10.1. The van der Waals surface area contributed by atoms with E-state index >= 15 is 0 Å². The van der Waals surface area contributed by atoms with Crippen LogP contribution in [0.15, 0.2) is 34.3 Å². The van der Waals surface area contributed by atoms with Gasteiger partial charge in [-0.2, -0.15) is 0 Å². The molecule has 0 unspecified atom stereocenters. The van der Waals surface area contributed by atoms with Crippen molar-refractivity contribution in [3.05, 3.63) is 39.9 Å². The minimum Gasteiger partial charge on any atom is -0.507 e. The van der Waals surface area contributed by atoms with Gasteiger partial charge >= 0.3 is 0 Å². The number of halogens is 1. The molecule has 3 nitrogen and oxygen atoms in total. The van der Waals surface area contributed by atoms with Gasteiger partial charge in [0, 0.05) is 15.6 Å². The van der Waals surface area contributed by atoms with Gasteiger partial charge in [0.2, 0.25) is 0 Å². The lowest BCUT2D eigenvalue weighted by Gasteiger charge is -2.04. The molecule has 15 heavy (non-hydrogen) atoms. The molecule has 0 aliphatic rings. The highest BCUT2D eigenvalue weighted by Crippen LogP contribution is 2.19. The highest BCUT2D eigenvalue weighted by molar-refractivity contribution is 9.10. The number of rotatable bonds is 3. The topological polar surface area (TPSA) is 57.5 Å². The summed E-state index contributed by atoms with van der Waals surface area (Å²) in [6, 6.07) is 6.91. The second-order valence-electron chi connectivity index (χ2n) is 3.06. The molecular formula is C11H11BrO3. The molecule has 1 aromatic carbocycles. The molecule has 0 heterocycles. The van der Waals surface area contributed by atoms with Gasteiger partial charge in [-0.25, -0.2) is 0 Å². The van der Waals surface area contributed by atoms with Crippen molar-refractivity contribution < 1.29 is 15.0 Å². The van der Waals surface area contributed by atoms with Gasteiger partial charge in [0.05, 0.1) is 0 Å². The minimum atomic E-state index is -0.591. The standard InChI is InChI=1S/C11H11BrO3/c1-7(10(14)6-13)11(15)8-2-4-9(12)5-3-8/h2-5,13,15H,6H2,1H3. The van der Waals surface area contributed by atoms with Crippen LogP contribution in [0, 0.1) is 0 Å². The van der Waals surface area contributed by atoms with Crippen LogP contribution < -0.4 is 0 Å². The summed E-state index contributed by atoms with van der Waals surface area (Å²) in [6.07, 6.45) is 0. The fourth-order valence-corrected chi connectivity index (χ4v) is 1.34. The fraction of sp³-hybridized carbons (Fsp3) is 0.182. The molecule has 0 amide bonds. The van der Waals surface area contributed by atoms with Gasteiger partial charge in [-0.3, -0.25) is 4.79 Å². The van der Waals surface area contributed by atoms with Crippen molar-refractivity contribution in [3.8, 4) is 0 Å². The highest BCUT2D eigenvalue weighted by Gasteiger charge is 2.10. The van der Waals surface area contributed by atoms with Gasteiger partial charge in [0.25, 0.3) is 0 Å². The summed E-state index contributed by atoms with van der Waals surface area (Å²) in [7, 11) is 0. The highest BCUT2D eigenvalue weighted by atomic mass is 79.9. The summed E-state index contributed by atoms with van der Waals surface area (Å²) in [5, 5.41) is 18.4. The Balaban J connectivity index is 3.07. The Kier molecular flexibility index (Phi) is 4.05. The Morgan fingerprint density at radius 2 is 1.87 bits per heavy atom. The first-order valence-electron chi connectivity index (χ1n) is 4.36. The Hall–Kier alpha value is -1.13. The van der Waals surface area contributed by atoms with E-state index in [4.69, 9.17) is 5.11 Å². The fourth-order valence-electron chi connectivity index (χ4n) is 1.07. The smallest absolute Gasteiger partial charge is 0.187 e. The molecule has 0 saturated heterocycles. The van der Waals surface area contributed by atoms with E-state index in [1.54, 1.807) is 24.3 Å². The number of hydrogen-bond acceptors (Lipinski definition) is 3. The van der Waals surface area contributed by atoms with E-state index in [0.29, 0.717) is 5.56 Å². The summed E-state index contributed by atoms with van der Waals surface area (Å²) < 4.78 is 0.894. The van der Waals surface area contributed by atoms with Gasteiger partial charge in [0.15, 0.2) is 5.78 Å². The first-order chi connectivity index (χ1) is 7.06. The molecule has 4 heteroatoms. The second kappa shape index (κ2) is 5.09. The molecular weight excluding hydrogens is 260 g/mol. The predicted octanol–water partition coefficient (Wildman–Crippen LogP) is 2.30. The molecule has 80 valence electrons. The number of carbonyl (C=O) groups excluding carboxylic acids is 1. The maximum Gasteiger partial charge on any atom is 0.187 e. The Morgan fingerprint density at radius 1 is 1.33 bits per heavy atom. The largest absolute Gasteiger partial charge is 0.507 e. The molecule has 1 rings (SSSR count). The second-order valence-corrected chi connectivity index (χ2v) is 3.98. The molecule has 0 bridgehead atoms. The van der Waals surface area contributed by atoms with Gasteiger partial charge in [0.1, 0.15) is 12.4 Å². The SMILES string of the molecule is CC(C(=O)CO)=C(O)c1ccc(Br)cc1. The number of carbonyl (C=O) groups is 1. The van der Waals surface area contributed by atoms with E-state index in [2.05, 4.69) is 15.9 Å². The third-order valence-corrected chi connectivity index (χ3v) is 2.56. The maximum atomic E-state index is 11.1. The van der Waals surface area contributed by atoms with Crippen LogP contribution in [0.4, 0.5) is 0 Å². The van der Waals surface area contributed by atoms with Crippen molar-refractivity contribution >= 4 is 27.5 Å². The molecule has 0 aliphatic heterocycles. The Morgan fingerprint density at radius 3 is 2.33 bits per heavy atom.